The van der Waals surface area contributed by atoms with E-state index in [0.717, 1.165) is 79.1 Å². The van der Waals surface area contributed by atoms with Crippen LogP contribution in [0.5, 0.6) is 0 Å². The number of fused-ring (bicyclic) bond motifs is 5. The molecule has 7 nitrogen and oxygen atoms in total. The lowest BCUT2D eigenvalue weighted by Crippen LogP contribution is -2.10. The van der Waals surface area contributed by atoms with E-state index < -0.39 is 0 Å². The van der Waals surface area contributed by atoms with Crippen molar-refractivity contribution >= 4 is 45.1 Å². The van der Waals surface area contributed by atoms with Gasteiger partial charge in [-0.05, 0) is 90.4 Å². The maximum atomic E-state index is 6.78. The van der Waals surface area contributed by atoms with Crippen LogP contribution in [0.2, 0.25) is 0 Å². The lowest BCUT2D eigenvalue weighted by molar-refractivity contribution is 0.621. The summed E-state index contributed by atoms with van der Waals surface area (Å²) in [5.41, 5.74) is 14.1. The van der Waals surface area contributed by atoms with Gasteiger partial charge in [0.1, 0.15) is 5.52 Å². The van der Waals surface area contributed by atoms with Crippen LogP contribution in [0, 0.1) is 0 Å². The van der Waals surface area contributed by atoms with Crippen molar-refractivity contribution in [2.24, 2.45) is 0 Å². The molecule has 0 aliphatic heterocycles. The Morgan fingerprint density at radius 3 is 1.60 bits per heavy atom. The van der Waals surface area contributed by atoms with Crippen LogP contribution in [0.1, 0.15) is 22.7 Å². The molecule has 3 heterocycles. The van der Waals surface area contributed by atoms with Gasteiger partial charge in [-0.15, -0.1) is 0 Å². The third kappa shape index (κ3) is 7.05. The van der Waals surface area contributed by atoms with E-state index in [-0.39, 0.29) is 5.92 Å². The van der Waals surface area contributed by atoms with Crippen LogP contribution >= 0.6 is 0 Å². The van der Waals surface area contributed by atoms with Crippen molar-refractivity contribution in [3.63, 3.8) is 0 Å². The molecule has 1 unspecified atom stereocenters. The predicted octanol–water partition coefficient (Wildman–Crippen LogP) is 14.4. The number of nitrogens with zero attached hydrogens (tertiary/aromatic N) is 6. The van der Waals surface area contributed by atoms with Gasteiger partial charge in [0.15, 0.2) is 23.1 Å². The molecule has 0 amide bonds. The number of benzene rings is 8. The van der Waals surface area contributed by atoms with Gasteiger partial charge in [-0.3, -0.25) is 0 Å². The fraction of sp³-hybridized carbons (Fsp3) is 0.0345. The predicted molar refractivity (Wildman–Crippen MR) is 263 cm³/mol. The van der Waals surface area contributed by atoms with Crippen molar-refractivity contribution in [3.8, 4) is 51.3 Å². The first kappa shape index (κ1) is 38.0. The van der Waals surface area contributed by atoms with Crippen LogP contribution in [-0.2, 0) is 6.42 Å². The highest BCUT2D eigenvalue weighted by Gasteiger charge is 2.27. The molecule has 308 valence electrons. The van der Waals surface area contributed by atoms with Crippen molar-refractivity contribution in [1.29, 1.82) is 0 Å². The van der Waals surface area contributed by atoms with Crippen molar-refractivity contribution < 1.29 is 4.42 Å². The van der Waals surface area contributed by atoms with Gasteiger partial charge >= 0.3 is 0 Å². The number of para-hydroxylation sites is 2. The molecule has 0 spiro atoms. The van der Waals surface area contributed by atoms with Crippen molar-refractivity contribution in [1.82, 2.24) is 24.5 Å². The number of hydrogen-bond acceptors (Lipinski definition) is 6. The Morgan fingerprint density at radius 1 is 0.477 bits per heavy atom. The van der Waals surface area contributed by atoms with Crippen molar-refractivity contribution in [2.45, 2.75) is 12.3 Å². The first-order chi connectivity index (χ1) is 32.2. The first-order valence-corrected chi connectivity index (χ1v) is 21.9. The lowest BCUT2D eigenvalue weighted by atomic mass is 9.86. The normalized spacial score (nSPS) is 13.3. The Bertz CT molecular complexity index is 3400. The molecule has 1 aliphatic rings. The highest BCUT2D eigenvalue weighted by molar-refractivity contribution is 6.06. The van der Waals surface area contributed by atoms with Crippen LogP contribution in [-0.4, -0.2) is 24.5 Å². The summed E-state index contributed by atoms with van der Waals surface area (Å²) in [6, 6.07) is 73.2. The van der Waals surface area contributed by atoms with Crippen LogP contribution in [0.15, 0.2) is 223 Å². The molecule has 1 aliphatic carbocycles. The number of rotatable bonds is 9. The number of aromatic nitrogens is 5. The molecule has 65 heavy (non-hydrogen) atoms. The van der Waals surface area contributed by atoms with Gasteiger partial charge in [-0.25, -0.2) is 19.9 Å². The summed E-state index contributed by atoms with van der Waals surface area (Å²) in [7, 11) is 0. The van der Waals surface area contributed by atoms with E-state index in [1.165, 1.54) is 11.1 Å². The average Bonchev–Trinajstić information content (AvgIpc) is 3.98. The van der Waals surface area contributed by atoms with Gasteiger partial charge in [0.2, 0.25) is 5.89 Å². The smallest absolute Gasteiger partial charge is 0.227 e. The third-order valence-electron chi connectivity index (χ3n) is 12.2. The maximum Gasteiger partial charge on any atom is 0.227 e. The molecular formula is C58H40N6O. The largest absolute Gasteiger partial charge is 0.434 e. The zero-order valence-electron chi connectivity index (χ0n) is 35.2. The molecular weight excluding hydrogens is 797 g/mol. The topological polar surface area (TPSA) is 72.9 Å². The van der Waals surface area contributed by atoms with Crippen molar-refractivity contribution in [2.75, 3.05) is 4.90 Å². The van der Waals surface area contributed by atoms with E-state index in [4.69, 9.17) is 24.4 Å². The van der Waals surface area contributed by atoms with Crippen LogP contribution < -0.4 is 4.90 Å². The average molecular weight is 837 g/mol. The monoisotopic (exact) mass is 836 g/mol. The van der Waals surface area contributed by atoms with E-state index in [9.17, 15) is 0 Å². The molecule has 12 rings (SSSR count). The zero-order valence-corrected chi connectivity index (χ0v) is 35.2. The molecule has 0 bridgehead atoms. The SMILES string of the molecule is C1=CC(c2ccc(N(c3ccccc3)c3ccccc3)cc2)Cc2c1n(-c1cccc(-c3nc(-c4ccccc4)nc(-c4ccccc4)n3)c1)c1c2ccc2nc(-c3ccccc3)oc21. The number of hydrogen-bond donors (Lipinski definition) is 0. The quantitative estimate of drug-likeness (QED) is 0.144. The summed E-state index contributed by atoms with van der Waals surface area (Å²) in [6.07, 6.45) is 5.45. The minimum atomic E-state index is 0.159. The molecule has 0 radical (unpaired) electrons. The molecule has 3 aromatic heterocycles. The Hall–Kier alpha value is -8.68. The Morgan fingerprint density at radius 2 is 1.00 bits per heavy atom. The summed E-state index contributed by atoms with van der Waals surface area (Å²) in [5, 5.41) is 1.14. The van der Waals surface area contributed by atoms with E-state index in [1.54, 1.807) is 0 Å². The summed E-state index contributed by atoms with van der Waals surface area (Å²) in [5.74, 6) is 2.59. The van der Waals surface area contributed by atoms with E-state index in [1.807, 2.05) is 91.0 Å². The van der Waals surface area contributed by atoms with Crippen LogP contribution in [0.3, 0.4) is 0 Å². The molecule has 1 atom stereocenters. The second kappa shape index (κ2) is 16.2. The van der Waals surface area contributed by atoms with E-state index in [0.29, 0.717) is 23.4 Å². The third-order valence-corrected chi connectivity index (χ3v) is 12.2. The van der Waals surface area contributed by atoms with Crippen molar-refractivity contribution in [3.05, 3.63) is 235 Å². The second-order valence-electron chi connectivity index (χ2n) is 16.3. The number of anilines is 3. The van der Waals surface area contributed by atoms with Gasteiger partial charge in [-0.1, -0.05) is 152 Å². The maximum absolute atomic E-state index is 6.78. The lowest BCUT2D eigenvalue weighted by Gasteiger charge is -2.26. The zero-order chi connectivity index (χ0) is 43.1. The van der Waals surface area contributed by atoms with Crippen LogP contribution in [0.4, 0.5) is 17.1 Å². The molecule has 0 N–H and O–H groups in total. The summed E-state index contributed by atoms with van der Waals surface area (Å²) < 4.78 is 9.11. The fourth-order valence-electron chi connectivity index (χ4n) is 9.12. The summed E-state index contributed by atoms with van der Waals surface area (Å²) >= 11 is 0. The molecule has 7 heteroatoms. The summed E-state index contributed by atoms with van der Waals surface area (Å²) in [6.45, 7) is 0. The second-order valence-corrected chi connectivity index (χ2v) is 16.3. The fourth-order valence-corrected chi connectivity index (χ4v) is 9.12. The number of oxazole rings is 1. The van der Waals surface area contributed by atoms with Gasteiger partial charge in [0, 0.05) is 62.0 Å². The highest BCUT2D eigenvalue weighted by atomic mass is 16.3. The highest BCUT2D eigenvalue weighted by Crippen LogP contribution is 2.43. The van der Waals surface area contributed by atoms with E-state index in [2.05, 4.69) is 143 Å². The molecule has 0 saturated carbocycles. The Kier molecular flexibility index (Phi) is 9.49. The molecule has 0 saturated heterocycles. The van der Waals surface area contributed by atoms with E-state index >= 15 is 0 Å². The summed E-state index contributed by atoms with van der Waals surface area (Å²) in [4.78, 5) is 22.4. The molecule has 11 aromatic rings. The number of allylic oxidation sites excluding steroid dienone is 1. The van der Waals surface area contributed by atoms with Gasteiger partial charge < -0.3 is 13.9 Å². The minimum Gasteiger partial charge on any atom is -0.434 e. The molecule has 0 fully saturated rings. The minimum absolute atomic E-state index is 0.159. The first-order valence-electron chi connectivity index (χ1n) is 21.9. The van der Waals surface area contributed by atoms with Crippen LogP contribution in [0.25, 0.3) is 79.4 Å². The van der Waals surface area contributed by atoms with Gasteiger partial charge in [0.25, 0.3) is 0 Å². The Balaban J connectivity index is 0.983. The Labute approximate surface area is 376 Å². The molecule has 8 aromatic carbocycles. The van der Waals surface area contributed by atoms with Gasteiger partial charge in [-0.2, -0.15) is 0 Å². The standard InChI is InChI=1S/C58H40N6O/c1-6-17-40(18-7-1)55-60-56(41-19-8-2-9-20-41)62-57(61-55)44-23-16-28-48(37-44)64-52-36-31-43(38-50(52)49-34-35-51-54(53(49)64)65-58(59-51)42-21-10-3-11-22-42)39-29-32-47(33-30-39)63(45-24-12-4-13-25-45)46-26-14-5-15-27-46/h1-37,43H,38H2. The van der Waals surface area contributed by atoms with Gasteiger partial charge in [0.05, 0.1) is 5.52 Å².